The van der Waals surface area contributed by atoms with Gasteiger partial charge in [-0.3, -0.25) is 0 Å². The lowest BCUT2D eigenvalue weighted by atomic mass is 9.88. The predicted molar refractivity (Wildman–Crippen MR) is 84.2 cm³/mol. The van der Waals surface area contributed by atoms with Crippen molar-refractivity contribution >= 4 is 27.5 Å². The molecule has 1 aromatic carbocycles. The zero-order chi connectivity index (χ0) is 14.8. The lowest BCUT2D eigenvalue weighted by Crippen LogP contribution is -2.14. The molecule has 0 aliphatic rings. The molecule has 0 saturated carbocycles. The van der Waals surface area contributed by atoms with Crippen LogP contribution in [-0.2, 0) is 17.6 Å². The molecule has 108 valence electrons. The number of amides is 1. The highest BCUT2D eigenvalue weighted by molar-refractivity contribution is 7.17. The summed E-state index contributed by atoms with van der Waals surface area (Å²) in [6, 6.07) is 6.33. The third kappa shape index (κ3) is 3.73. The van der Waals surface area contributed by atoms with Crippen molar-refractivity contribution in [1.82, 2.24) is 0 Å². The van der Waals surface area contributed by atoms with E-state index in [4.69, 9.17) is 10.5 Å². The van der Waals surface area contributed by atoms with E-state index < -0.39 is 6.09 Å². The van der Waals surface area contributed by atoms with E-state index in [0.29, 0.717) is 13.0 Å². The highest BCUT2D eigenvalue weighted by atomic mass is 32.1. The molecule has 0 atom stereocenters. The van der Waals surface area contributed by atoms with Crippen molar-refractivity contribution in [2.75, 3.05) is 6.61 Å². The number of primary amides is 1. The fourth-order valence-corrected chi connectivity index (χ4v) is 3.46. The maximum Gasteiger partial charge on any atom is 0.404 e. The van der Waals surface area contributed by atoms with E-state index in [1.54, 1.807) is 11.3 Å². The molecule has 3 nitrogen and oxygen atoms in total. The van der Waals surface area contributed by atoms with Crippen LogP contribution in [0.1, 0.15) is 31.9 Å². The third-order valence-corrected chi connectivity index (χ3v) is 4.22. The minimum atomic E-state index is -0.711. The Kier molecular flexibility index (Phi) is 4.33. The van der Waals surface area contributed by atoms with Gasteiger partial charge in [0.15, 0.2) is 0 Å². The van der Waals surface area contributed by atoms with Gasteiger partial charge in [-0.1, -0.05) is 39.0 Å². The SMILES string of the molecule is CC(C)(C)Cc1csc2c(CCOC(N)=O)cccc12. The van der Waals surface area contributed by atoms with Gasteiger partial charge in [0.25, 0.3) is 0 Å². The second-order valence-corrected chi connectivity index (χ2v) is 7.09. The number of carbonyl (C=O) groups is 1. The van der Waals surface area contributed by atoms with Crippen LogP contribution in [0.4, 0.5) is 4.79 Å². The summed E-state index contributed by atoms with van der Waals surface area (Å²) in [4.78, 5) is 10.6. The van der Waals surface area contributed by atoms with E-state index in [1.165, 1.54) is 21.2 Å². The van der Waals surface area contributed by atoms with Gasteiger partial charge in [-0.05, 0) is 33.7 Å². The van der Waals surface area contributed by atoms with Crippen molar-refractivity contribution in [3.8, 4) is 0 Å². The van der Waals surface area contributed by atoms with Gasteiger partial charge in [-0.2, -0.15) is 0 Å². The summed E-state index contributed by atoms with van der Waals surface area (Å²) in [5.41, 5.74) is 7.88. The monoisotopic (exact) mass is 291 g/mol. The van der Waals surface area contributed by atoms with Crippen LogP contribution < -0.4 is 5.73 Å². The second kappa shape index (κ2) is 5.83. The van der Waals surface area contributed by atoms with E-state index in [1.807, 2.05) is 0 Å². The maximum absolute atomic E-state index is 10.6. The normalized spacial score (nSPS) is 11.8. The topological polar surface area (TPSA) is 52.3 Å². The molecule has 0 radical (unpaired) electrons. The third-order valence-electron chi connectivity index (χ3n) is 3.10. The van der Waals surface area contributed by atoms with Crippen molar-refractivity contribution in [2.24, 2.45) is 11.1 Å². The molecule has 2 aromatic rings. The van der Waals surface area contributed by atoms with Gasteiger partial charge < -0.3 is 10.5 Å². The summed E-state index contributed by atoms with van der Waals surface area (Å²) < 4.78 is 6.12. The average Bonchev–Trinajstić information content (AvgIpc) is 2.71. The maximum atomic E-state index is 10.6. The van der Waals surface area contributed by atoms with Crippen molar-refractivity contribution in [3.05, 3.63) is 34.7 Å². The number of hydrogen-bond donors (Lipinski definition) is 1. The van der Waals surface area contributed by atoms with E-state index in [0.717, 1.165) is 6.42 Å². The zero-order valence-electron chi connectivity index (χ0n) is 12.2. The van der Waals surface area contributed by atoms with E-state index in [9.17, 15) is 4.79 Å². The van der Waals surface area contributed by atoms with Gasteiger partial charge in [0.1, 0.15) is 0 Å². The van der Waals surface area contributed by atoms with Crippen LogP contribution in [0.25, 0.3) is 10.1 Å². The molecule has 0 bridgehead atoms. The molecule has 1 heterocycles. The van der Waals surface area contributed by atoms with Gasteiger partial charge in [-0.25, -0.2) is 4.79 Å². The van der Waals surface area contributed by atoms with Crippen molar-refractivity contribution in [2.45, 2.75) is 33.6 Å². The molecule has 0 unspecified atom stereocenters. The predicted octanol–water partition coefficient (Wildman–Crippen LogP) is 4.13. The second-order valence-electron chi connectivity index (χ2n) is 6.21. The molecule has 0 spiro atoms. The number of hydrogen-bond acceptors (Lipinski definition) is 3. The first kappa shape index (κ1) is 14.9. The largest absolute Gasteiger partial charge is 0.449 e. The number of carbonyl (C=O) groups excluding carboxylic acids is 1. The number of benzene rings is 1. The fourth-order valence-electron chi connectivity index (χ4n) is 2.34. The van der Waals surface area contributed by atoms with Crippen LogP contribution in [0, 0.1) is 5.41 Å². The summed E-state index contributed by atoms with van der Waals surface area (Å²) in [5.74, 6) is 0. The first-order chi connectivity index (χ1) is 9.37. The van der Waals surface area contributed by atoms with Crippen molar-refractivity contribution in [1.29, 1.82) is 0 Å². The Morgan fingerprint density at radius 2 is 2.05 bits per heavy atom. The number of nitrogens with two attached hydrogens (primary N) is 1. The highest BCUT2D eigenvalue weighted by Crippen LogP contribution is 2.33. The minimum absolute atomic E-state index is 0.277. The van der Waals surface area contributed by atoms with Gasteiger partial charge in [-0.15, -0.1) is 11.3 Å². The van der Waals surface area contributed by atoms with E-state index in [-0.39, 0.29) is 5.41 Å². The Morgan fingerprint density at radius 1 is 1.30 bits per heavy atom. The molecule has 20 heavy (non-hydrogen) atoms. The van der Waals surface area contributed by atoms with Crippen LogP contribution in [0.15, 0.2) is 23.6 Å². The Morgan fingerprint density at radius 3 is 2.70 bits per heavy atom. The van der Waals surface area contributed by atoms with Crippen molar-refractivity contribution in [3.63, 3.8) is 0 Å². The lowest BCUT2D eigenvalue weighted by molar-refractivity contribution is 0.158. The zero-order valence-corrected chi connectivity index (χ0v) is 13.0. The summed E-state index contributed by atoms with van der Waals surface area (Å²) in [5, 5.41) is 3.57. The molecule has 2 N–H and O–H groups in total. The number of ether oxygens (including phenoxy) is 1. The molecule has 1 amide bonds. The molecular formula is C16H21NO2S. The summed E-state index contributed by atoms with van der Waals surface area (Å²) in [7, 11) is 0. The van der Waals surface area contributed by atoms with Crippen LogP contribution in [0.5, 0.6) is 0 Å². The molecular weight excluding hydrogens is 270 g/mol. The van der Waals surface area contributed by atoms with Gasteiger partial charge >= 0.3 is 6.09 Å². The highest BCUT2D eigenvalue weighted by Gasteiger charge is 2.15. The molecule has 2 rings (SSSR count). The van der Waals surface area contributed by atoms with E-state index >= 15 is 0 Å². The summed E-state index contributed by atoms with van der Waals surface area (Å²) >= 11 is 1.77. The Hall–Kier alpha value is -1.55. The van der Waals surface area contributed by atoms with Crippen LogP contribution >= 0.6 is 11.3 Å². The smallest absolute Gasteiger partial charge is 0.404 e. The van der Waals surface area contributed by atoms with Gasteiger partial charge in [0.05, 0.1) is 6.61 Å². The minimum Gasteiger partial charge on any atom is -0.449 e. The average molecular weight is 291 g/mol. The van der Waals surface area contributed by atoms with Crippen LogP contribution in [-0.4, -0.2) is 12.7 Å². The first-order valence-corrected chi connectivity index (χ1v) is 7.65. The lowest BCUT2D eigenvalue weighted by Gasteiger charge is -2.17. The standard InChI is InChI=1S/C16H21NO2S/c1-16(2,3)9-12-10-20-14-11(5-4-6-13(12)14)7-8-19-15(17)18/h4-6,10H,7-9H2,1-3H3,(H2,17,18). The molecule has 1 aromatic heterocycles. The van der Waals surface area contributed by atoms with E-state index in [2.05, 4.69) is 44.4 Å². The number of rotatable bonds is 4. The Balaban J connectivity index is 2.23. The van der Waals surface area contributed by atoms with Crippen LogP contribution in [0.3, 0.4) is 0 Å². The van der Waals surface area contributed by atoms with Crippen molar-refractivity contribution < 1.29 is 9.53 Å². The molecule has 0 saturated heterocycles. The summed E-state index contributed by atoms with van der Waals surface area (Å²) in [6.07, 6.45) is 1.06. The quantitative estimate of drug-likeness (QED) is 0.921. The number of fused-ring (bicyclic) bond motifs is 1. The molecule has 4 heteroatoms. The fraction of sp³-hybridized carbons (Fsp3) is 0.438. The van der Waals surface area contributed by atoms with Gasteiger partial charge in [0, 0.05) is 11.1 Å². The molecule has 0 aliphatic carbocycles. The molecule has 0 fully saturated rings. The summed E-state index contributed by atoms with van der Waals surface area (Å²) in [6.45, 7) is 7.09. The van der Waals surface area contributed by atoms with Crippen LogP contribution in [0.2, 0.25) is 0 Å². The Bertz CT molecular complexity index is 610. The number of thiophene rings is 1. The first-order valence-electron chi connectivity index (χ1n) is 6.77. The Labute approximate surface area is 123 Å². The molecule has 0 aliphatic heterocycles. The van der Waals surface area contributed by atoms with Gasteiger partial charge in [0.2, 0.25) is 0 Å².